The van der Waals surface area contributed by atoms with Gasteiger partial charge < -0.3 is 15.6 Å². The monoisotopic (exact) mass is 529 g/mol. The van der Waals surface area contributed by atoms with Gasteiger partial charge in [-0.2, -0.15) is 0 Å². The maximum Gasteiger partial charge on any atom is 0.216 e. The molecule has 6 heteroatoms. The van der Waals surface area contributed by atoms with Crippen LogP contribution in [0.1, 0.15) is 68.7 Å². The zero-order valence-corrected chi connectivity index (χ0v) is 23.0. The SMILES string of the molecule is CC(=O)NCCC(C[CH]c1ccc2[nH]ccc2c1)CCCCNc1c2c(nc3ccc(Cl)cc13)CCCC2. The number of unbranched alkanes of at least 4 members (excludes halogenated alkanes) is 1. The number of nitrogens with zero attached hydrogens (tertiary/aromatic N) is 1. The lowest BCUT2D eigenvalue weighted by atomic mass is 9.91. The van der Waals surface area contributed by atoms with Crippen molar-refractivity contribution in [2.24, 2.45) is 5.92 Å². The van der Waals surface area contributed by atoms with Gasteiger partial charge in [0.05, 0.1) is 5.52 Å². The van der Waals surface area contributed by atoms with E-state index < -0.39 is 0 Å². The quantitative estimate of drug-likeness (QED) is 0.165. The molecule has 0 saturated heterocycles. The van der Waals surface area contributed by atoms with Crippen molar-refractivity contribution in [3.05, 3.63) is 76.9 Å². The first kappa shape index (κ1) is 26.6. The number of nitrogens with one attached hydrogen (secondary N) is 3. The summed E-state index contributed by atoms with van der Waals surface area (Å²) in [4.78, 5) is 19.6. The predicted octanol–water partition coefficient (Wildman–Crippen LogP) is 7.62. The van der Waals surface area contributed by atoms with Gasteiger partial charge in [-0.1, -0.05) is 30.5 Å². The van der Waals surface area contributed by atoms with Crippen LogP contribution in [0, 0.1) is 12.3 Å². The topological polar surface area (TPSA) is 69.8 Å². The van der Waals surface area contributed by atoms with Crippen LogP contribution in [0.3, 0.4) is 0 Å². The average Bonchev–Trinajstić information content (AvgIpc) is 3.38. The second kappa shape index (κ2) is 12.7. The molecular weight excluding hydrogens is 492 g/mol. The van der Waals surface area contributed by atoms with Crippen LogP contribution in [-0.2, 0) is 17.6 Å². The predicted molar refractivity (Wildman–Crippen MR) is 159 cm³/mol. The first-order valence-corrected chi connectivity index (χ1v) is 14.4. The molecule has 1 atom stereocenters. The Balaban J connectivity index is 1.17. The highest BCUT2D eigenvalue weighted by atomic mass is 35.5. The van der Waals surface area contributed by atoms with Gasteiger partial charge in [0.15, 0.2) is 0 Å². The van der Waals surface area contributed by atoms with Crippen molar-refractivity contribution in [2.45, 2.75) is 64.7 Å². The number of rotatable bonds is 12. The molecule has 5 rings (SSSR count). The van der Waals surface area contributed by atoms with E-state index >= 15 is 0 Å². The molecule has 0 bridgehead atoms. The Labute approximate surface area is 230 Å². The smallest absolute Gasteiger partial charge is 0.216 e. The van der Waals surface area contributed by atoms with Crippen molar-refractivity contribution in [1.82, 2.24) is 15.3 Å². The van der Waals surface area contributed by atoms with Gasteiger partial charge in [0, 0.05) is 53.5 Å². The third-order valence-electron chi connectivity index (χ3n) is 7.76. The summed E-state index contributed by atoms with van der Waals surface area (Å²) in [5, 5.41) is 9.90. The van der Waals surface area contributed by atoms with E-state index in [-0.39, 0.29) is 5.91 Å². The van der Waals surface area contributed by atoms with E-state index in [0.717, 1.165) is 74.0 Å². The van der Waals surface area contributed by atoms with E-state index in [4.69, 9.17) is 16.6 Å². The molecule has 0 saturated carbocycles. The van der Waals surface area contributed by atoms with Gasteiger partial charge in [-0.15, -0.1) is 0 Å². The van der Waals surface area contributed by atoms with Crippen LogP contribution >= 0.6 is 11.6 Å². The van der Waals surface area contributed by atoms with Crippen molar-refractivity contribution < 1.29 is 4.79 Å². The molecular formula is C32H38ClN4O. The van der Waals surface area contributed by atoms with Gasteiger partial charge in [-0.3, -0.25) is 9.78 Å². The minimum absolute atomic E-state index is 0.0443. The maximum atomic E-state index is 11.4. The Bertz CT molecular complexity index is 1400. The lowest BCUT2D eigenvalue weighted by Gasteiger charge is -2.22. The number of aryl methyl sites for hydroxylation is 1. The fraction of sp³-hybridized carbons (Fsp3) is 0.406. The fourth-order valence-electron chi connectivity index (χ4n) is 5.70. The molecule has 199 valence electrons. The van der Waals surface area contributed by atoms with E-state index in [1.54, 1.807) is 6.92 Å². The number of H-pyrrole nitrogens is 1. The number of halogens is 1. The number of amides is 1. The molecule has 2 aromatic heterocycles. The summed E-state index contributed by atoms with van der Waals surface area (Å²) in [6.07, 6.45) is 14.3. The second-order valence-corrected chi connectivity index (χ2v) is 11.0. The first-order chi connectivity index (χ1) is 18.6. The molecule has 0 fully saturated rings. The van der Waals surface area contributed by atoms with E-state index in [1.807, 2.05) is 18.3 Å². The number of benzene rings is 2. The Morgan fingerprint density at radius 2 is 1.97 bits per heavy atom. The third kappa shape index (κ3) is 6.68. The summed E-state index contributed by atoms with van der Waals surface area (Å²) in [6.45, 7) is 3.26. The molecule has 38 heavy (non-hydrogen) atoms. The minimum atomic E-state index is 0.0443. The number of hydrogen-bond acceptors (Lipinski definition) is 3. The van der Waals surface area contributed by atoms with Gasteiger partial charge in [-0.05, 0) is 110 Å². The lowest BCUT2D eigenvalue weighted by Crippen LogP contribution is -2.23. The number of carbonyl (C=O) groups excluding carboxylic acids is 1. The van der Waals surface area contributed by atoms with Crippen LogP contribution in [-0.4, -0.2) is 29.0 Å². The normalized spacial score (nSPS) is 13.9. The zero-order chi connectivity index (χ0) is 26.3. The Hall–Kier alpha value is -3.05. The molecule has 1 unspecified atom stereocenters. The summed E-state index contributed by atoms with van der Waals surface area (Å²) in [7, 11) is 0. The fourth-order valence-corrected chi connectivity index (χ4v) is 5.88. The van der Waals surface area contributed by atoms with Crippen LogP contribution in [0.25, 0.3) is 21.8 Å². The summed E-state index contributed by atoms with van der Waals surface area (Å²) in [5.41, 5.74) is 7.33. The lowest BCUT2D eigenvalue weighted by molar-refractivity contribution is -0.119. The van der Waals surface area contributed by atoms with Crippen LogP contribution in [0.2, 0.25) is 5.02 Å². The summed E-state index contributed by atoms with van der Waals surface area (Å²) in [6, 6.07) is 14.7. The highest BCUT2D eigenvalue weighted by molar-refractivity contribution is 6.31. The Morgan fingerprint density at radius 1 is 1.08 bits per heavy atom. The van der Waals surface area contributed by atoms with Crippen LogP contribution < -0.4 is 10.6 Å². The highest BCUT2D eigenvalue weighted by Gasteiger charge is 2.18. The molecule has 2 aromatic carbocycles. The first-order valence-electron chi connectivity index (χ1n) is 14.1. The number of carbonyl (C=O) groups is 1. The second-order valence-electron chi connectivity index (χ2n) is 10.6. The van der Waals surface area contributed by atoms with Crippen molar-refractivity contribution in [3.8, 4) is 0 Å². The highest BCUT2D eigenvalue weighted by Crippen LogP contribution is 2.34. The number of anilines is 1. The number of aromatic amines is 1. The third-order valence-corrected chi connectivity index (χ3v) is 7.99. The van der Waals surface area contributed by atoms with Crippen LogP contribution in [0.15, 0.2) is 48.7 Å². The minimum Gasteiger partial charge on any atom is -0.384 e. The van der Waals surface area contributed by atoms with Crippen LogP contribution in [0.5, 0.6) is 0 Å². The number of hydrogen-bond donors (Lipinski definition) is 3. The molecule has 3 N–H and O–H groups in total. The molecule has 0 aliphatic heterocycles. The molecule has 1 aliphatic carbocycles. The van der Waals surface area contributed by atoms with Crippen molar-refractivity contribution in [1.29, 1.82) is 0 Å². The molecule has 1 aliphatic rings. The summed E-state index contributed by atoms with van der Waals surface area (Å²) >= 11 is 6.36. The number of fused-ring (bicyclic) bond motifs is 3. The van der Waals surface area contributed by atoms with E-state index in [2.05, 4.69) is 52.4 Å². The van der Waals surface area contributed by atoms with Gasteiger partial charge >= 0.3 is 0 Å². The summed E-state index contributed by atoms with van der Waals surface area (Å²) < 4.78 is 0. The largest absolute Gasteiger partial charge is 0.384 e. The van der Waals surface area contributed by atoms with Gasteiger partial charge in [-0.25, -0.2) is 0 Å². The van der Waals surface area contributed by atoms with E-state index in [1.165, 1.54) is 46.3 Å². The van der Waals surface area contributed by atoms with Crippen LogP contribution in [0.4, 0.5) is 5.69 Å². The molecule has 1 radical (unpaired) electrons. The standard InChI is InChI=1S/C32H38ClN4O/c1-22(38)34-18-15-23(9-10-24-11-13-29-25(20-24)16-19-35-29)6-4-5-17-36-32-27-7-2-3-8-30(27)37-31-14-12-26(33)21-28(31)32/h10-14,16,19-21,23,35H,2-9,15,17-18H2,1H3,(H,34,38)(H,36,37). The molecule has 1 amide bonds. The van der Waals surface area contributed by atoms with Gasteiger partial charge in [0.2, 0.25) is 5.91 Å². The molecule has 4 aromatic rings. The van der Waals surface area contributed by atoms with E-state index in [0.29, 0.717) is 5.92 Å². The average molecular weight is 530 g/mol. The van der Waals surface area contributed by atoms with E-state index in [9.17, 15) is 4.79 Å². The van der Waals surface area contributed by atoms with Crippen molar-refractivity contribution in [2.75, 3.05) is 18.4 Å². The summed E-state index contributed by atoms with van der Waals surface area (Å²) in [5.74, 6) is 0.583. The van der Waals surface area contributed by atoms with Crippen molar-refractivity contribution >= 4 is 45.0 Å². The Morgan fingerprint density at radius 3 is 2.87 bits per heavy atom. The van der Waals surface area contributed by atoms with Gasteiger partial charge in [0.25, 0.3) is 0 Å². The number of aromatic nitrogens is 2. The maximum absolute atomic E-state index is 11.4. The molecule has 5 nitrogen and oxygen atoms in total. The number of pyridine rings is 1. The van der Waals surface area contributed by atoms with Gasteiger partial charge in [0.1, 0.15) is 0 Å². The molecule has 0 spiro atoms. The van der Waals surface area contributed by atoms with Crippen molar-refractivity contribution in [3.63, 3.8) is 0 Å². The zero-order valence-electron chi connectivity index (χ0n) is 22.3. The Kier molecular flexibility index (Phi) is 8.85. The molecule has 2 heterocycles.